The van der Waals surface area contributed by atoms with Crippen molar-refractivity contribution in [1.29, 1.82) is 0 Å². The van der Waals surface area contributed by atoms with Gasteiger partial charge < -0.3 is 24.3 Å². The molecular formula is C26H29N5O4. The van der Waals surface area contributed by atoms with Gasteiger partial charge in [-0.1, -0.05) is 6.42 Å². The molecule has 3 aliphatic heterocycles. The van der Waals surface area contributed by atoms with Gasteiger partial charge in [0.2, 0.25) is 12.7 Å². The number of aromatic nitrogens is 3. The molecule has 9 nitrogen and oxygen atoms in total. The zero-order chi connectivity index (χ0) is 23.9. The lowest BCUT2D eigenvalue weighted by atomic mass is 9.95. The number of nitrogens with one attached hydrogen (secondary N) is 1. The molecular weight excluding hydrogens is 446 g/mol. The molecule has 0 atom stereocenters. The second kappa shape index (κ2) is 8.87. The number of amides is 2. The van der Waals surface area contributed by atoms with Crippen molar-refractivity contribution >= 4 is 28.7 Å². The molecule has 3 aliphatic rings. The molecule has 2 aromatic heterocycles. The Morgan fingerprint density at radius 3 is 2.69 bits per heavy atom. The molecule has 6 rings (SSSR count). The second-order valence-corrected chi connectivity index (χ2v) is 9.60. The number of ether oxygens (including phenoxy) is 2. The molecule has 0 saturated carbocycles. The van der Waals surface area contributed by atoms with Crippen LogP contribution in [0.25, 0.3) is 11.2 Å². The summed E-state index contributed by atoms with van der Waals surface area (Å²) in [5, 5.41) is 2.98. The molecule has 0 unspecified atom stereocenters. The smallest absolute Gasteiger partial charge is 0.256 e. The quantitative estimate of drug-likeness (QED) is 0.621. The van der Waals surface area contributed by atoms with E-state index in [-0.39, 0.29) is 24.5 Å². The van der Waals surface area contributed by atoms with Crippen LogP contribution in [0.1, 0.15) is 54.0 Å². The van der Waals surface area contributed by atoms with Crippen molar-refractivity contribution in [2.45, 2.75) is 52.0 Å². The Labute approximate surface area is 203 Å². The number of rotatable bonds is 3. The van der Waals surface area contributed by atoms with Crippen molar-refractivity contribution in [3.63, 3.8) is 0 Å². The number of pyridine rings is 1. The van der Waals surface area contributed by atoms with Crippen molar-refractivity contribution in [3.8, 4) is 11.5 Å². The molecule has 0 aliphatic carbocycles. The summed E-state index contributed by atoms with van der Waals surface area (Å²) < 4.78 is 12.9. The van der Waals surface area contributed by atoms with Gasteiger partial charge in [-0.05, 0) is 50.8 Å². The Kier molecular flexibility index (Phi) is 5.54. The molecule has 1 N–H and O–H groups in total. The number of hydrogen-bond acceptors (Lipinski definition) is 6. The van der Waals surface area contributed by atoms with Crippen LogP contribution in [0.3, 0.4) is 0 Å². The molecule has 1 fully saturated rings. The Morgan fingerprint density at radius 1 is 1.00 bits per heavy atom. The standard InChI is InChI=1S/C26H29N5O4/c1-16-13-19(23-24(27-16)31-10-4-2-3-5-22(31)29-23)26(33)30-11-8-17(9-12-30)25(32)28-18-6-7-20-21(14-18)35-15-34-20/h6-7,13-14,17H,2-5,8-12,15H2,1H3,(H,28,32). The van der Waals surface area contributed by atoms with Crippen LogP contribution < -0.4 is 14.8 Å². The van der Waals surface area contributed by atoms with E-state index in [0.717, 1.165) is 43.0 Å². The highest BCUT2D eigenvalue weighted by Gasteiger charge is 2.30. The topological polar surface area (TPSA) is 98.6 Å². The minimum atomic E-state index is -0.146. The van der Waals surface area contributed by atoms with Crippen molar-refractivity contribution in [2.75, 3.05) is 25.2 Å². The highest BCUT2D eigenvalue weighted by atomic mass is 16.7. The first-order valence-electron chi connectivity index (χ1n) is 12.4. The number of nitrogens with zero attached hydrogens (tertiary/aromatic N) is 4. The van der Waals surface area contributed by atoms with E-state index in [0.29, 0.717) is 54.2 Å². The van der Waals surface area contributed by atoms with Crippen molar-refractivity contribution in [1.82, 2.24) is 19.4 Å². The lowest BCUT2D eigenvalue weighted by Crippen LogP contribution is -2.41. The van der Waals surface area contributed by atoms with Gasteiger partial charge in [-0.3, -0.25) is 9.59 Å². The first-order valence-corrected chi connectivity index (χ1v) is 12.4. The Bertz CT molecular complexity index is 1310. The molecule has 182 valence electrons. The number of hydrogen-bond donors (Lipinski definition) is 1. The summed E-state index contributed by atoms with van der Waals surface area (Å²) in [7, 11) is 0. The van der Waals surface area contributed by atoms with E-state index >= 15 is 0 Å². The van der Waals surface area contributed by atoms with E-state index in [9.17, 15) is 9.59 Å². The highest BCUT2D eigenvalue weighted by molar-refractivity contribution is 6.04. The third kappa shape index (κ3) is 4.09. The number of likely N-dealkylation sites (tertiary alicyclic amines) is 1. The first-order chi connectivity index (χ1) is 17.1. The zero-order valence-corrected chi connectivity index (χ0v) is 19.9. The highest BCUT2D eigenvalue weighted by Crippen LogP contribution is 2.34. The Hall–Kier alpha value is -3.62. The zero-order valence-electron chi connectivity index (χ0n) is 19.9. The largest absolute Gasteiger partial charge is 0.454 e. The summed E-state index contributed by atoms with van der Waals surface area (Å²) in [6.45, 7) is 4.10. The summed E-state index contributed by atoms with van der Waals surface area (Å²) in [4.78, 5) is 37.9. The van der Waals surface area contributed by atoms with Gasteiger partial charge in [0.05, 0.1) is 5.56 Å². The maximum Gasteiger partial charge on any atom is 0.256 e. The van der Waals surface area contributed by atoms with E-state index in [1.54, 1.807) is 12.1 Å². The lowest BCUT2D eigenvalue weighted by Gasteiger charge is -2.31. The van der Waals surface area contributed by atoms with Gasteiger partial charge in [0, 0.05) is 49.4 Å². The van der Waals surface area contributed by atoms with E-state index in [2.05, 4.69) is 9.88 Å². The number of imidazole rings is 1. The second-order valence-electron chi connectivity index (χ2n) is 9.60. The SMILES string of the molecule is Cc1cc(C(=O)N2CCC(C(=O)Nc3ccc4c(c3)OCO4)CC2)c2nc3n(c2n1)CCCCC3. The molecule has 0 bridgehead atoms. The van der Waals surface area contributed by atoms with Crippen LogP contribution in [0.2, 0.25) is 0 Å². The van der Waals surface area contributed by atoms with Crippen LogP contribution in [0.4, 0.5) is 5.69 Å². The van der Waals surface area contributed by atoms with Gasteiger partial charge in [0.25, 0.3) is 5.91 Å². The molecule has 2 amide bonds. The predicted molar refractivity (Wildman–Crippen MR) is 130 cm³/mol. The molecule has 35 heavy (non-hydrogen) atoms. The maximum absolute atomic E-state index is 13.5. The molecule has 3 aromatic rings. The molecule has 1 saturated heterocycles. The molecule has 0 radical (unpaired) electrons. The molecule has 9 heteroatoms. The molecule has 0 spiro atoms. The van der Waals surface area contributed by atoms with Crippen molar-refractivity contribution in [3.05, 3.63) is 41.3 Å². The van der Waals surface area contributed by atoms with Crippen molar-refractivity contribution in [2.24, 2.45) is 5.92 Å². The van der Waals surface area contributed by atoms with Crippen molar-refractivity contribution < 1.29 is 19.1 Å². The van der Waals surface area contributed by atoms with Gasteiger partial charge in [0.1, 0.15) is 11.3 Å². The third-order valence-corrected chi connectivity index (χ3v) is 7.22. The first kappa shape index (κ1) is 21.9. The number of carbonyl (C=O) groups excluding carboxylic acids is 2. The number of carbonyl (C=O) groups is 2. The number of fused-ring (bicyclic) bond motifs is 4. The Morgan fingerprint density at radius 2 is 1.83 bits per heavy atom. The average Bonchev–Trinajstić information content (AvgIpc) is 3.39. The maximum atomic E-state index is 13.5. The van der Waals surface area contributed by atoms with Crippen LogP contribution >= 0.6 is 0 Å². The van der Waals surface area contributed by atoms with E-state index in [1.165, 1.54) is 6.42 Å². The summed E-state index contributed by atoms with van der Waals surface area (Å²) in [5.74, 6) is 2.15. The molecule has 1 aromatic carbocycles. The Balaban J connectivity index is 1.15. The van der Waals surface area contributed by atoms with Crippen LogP contribution in [-0.4, -0.2) is 51.1 Å². The van der Waals surface area contributed by atoms with Crippen LogP contribution in [-0.2, 0) is 17.8 Å². The summed E-state index contributed by atoms with van der Waals surface area (Å²) in [6.07, 6.45) is 5.59. The summed E-state index contributed by atoms with van der Waals surface area (Å²) in [5.41, 5.74) is 3.66. The van der Waals surface area contributed by atoms with E-state index in [4.69, 9.17) is 19.4 Å². The van der Waals surface area contributed by atoms with Crippen LogP contribution in [0.5, 0.6) is 11.5 Å². The lowest BCUT2D eigenvalue weighted by molar-refractivity contribution is -0.121. The van der Waals surface area contributed by atoms with E-state index < -0.39 is 0 Å². The van der Waals surface area contributed by atoms with Gasteiger partial charge in [-0.2, -0.15) is 0 Å². The average molecular weight is 476 g/mol. The van der Waals surface area contributed by atoms with Gasteiger partial charge >= 0.3 is 0 Å². The number of aryl methyl sites for hydroxylation is 3. The fraction of sp³-hybridized carbons (Fsp3) is 0.462. The minimum Gasteiger partial charge on any atom is -0.454 e. The normalized spacial score (nSPS) is 17.8. The van der Waals surface area contributed by atoms with Crippen LogP contribution in [0, 0.1) is 12.8 Å². The minimum absolute atomic E-state index is 0.0246. The van der Waals surface area contributed by atoms with Gasteiger partial charge in [0.15, 0.2) is 17.1 Å². The summed E-state index contributed by atoms with van der Waals surface area (Å²) >= 11 is 0. The van der Waals surface area contributed by atoms with Gasteiger partial charge in [-0.25, -0.2) is 9.97 Å². The fourth-order valence-corrected chi connectivity index (χ4v) is 5.31. The fourth-order valence-electron chi connectivity index (χ4n) is 5.31. The van der Waals surface area contributed by atoms with Gasteiger partial charge in [-0.15, -0.1) is 0 Å². The number of piperidine rings is 1. The number of anilines is 1. The monoisotopic (exact) mass is 475 g/mol. The third-order valence-electron chi connectivity index (χ3n) is 7.22. The number of benzene rings is 1. The predicted octanol–water partition coefficient (Wildman–Crippen LogP) is 3.69. The van der Waals surface area contributed by atoms with E-state index in [1.807, 2.05) is 24.0 Å². The summed E-state index contributed by atoms with van der Waals surface area (Å²) in [6, 6.07) is 7.25. The van der Waals surface area contributed by atoms with Crippen LogP contribution in [0.15, 0.2) is 24.3 Å². The molecule has 5 heterocycles.